The van der Waals surface area contributed by atoms with Crippen LogP contribution in [0.2, 0.25) is 0 Å². The lowest BCUT2D eigenvalue weighted by Gasteiger charge is -2.35. The van der Waals surface area contributed by atoms with Crippen LogP contribution < -0.4 is 0 Å². The van der Waals surface area contributed by atoms with Crippen molar-refractivity contribution in [2.24, 2.45) is 29.6 Å². The van der Waals surface area contributed by atoms with Gasteiger partial charge in [0.15, 0.2) is 0 Å². The minimum Gasteiger partial charge on any atom is -0.0806 e. The van der Waals surface area contributed by atoms with Gasteiger partial charge in [-0.1, -0.05) is 70.6 Å². The van der Waals surface area contributed by atoms with Crippen LogP contribution in [0.1, 0.15) is 97.3 Å². The lowest BCUT2D eigenvalue weighted by atomic mass is 9.71. The van der Waals surface area contributed by atoms with Gasteiger partial charge in [-0.15, -0.1) is 0 Å². The van der Waals surface area contributed by atoms with Gasteiger partial charge in [-0.05, 0) is 80.1 Å². The predicted octanol–water partition coefficient (Wildman–Crippen LogP) is 7.70. The lowest BCUT2D eigenvalue weighted by molar-refractivity contribution is 0.219. The molecule has 0 spiro atoms. The van der Waals surface area contributed by atoms with E-state index in [1.807, 2.05) is 0 Å². The zero-order chi connectivity index (χ0) is 16.8. The van der Waals surface area contributed by atoms with Gasteiger partial charge in [-0.3, -0.25) is 0 Å². The molecular formula is C24H40. The van der Waals surface area contributed by atoms with E-state index in [0.717, 1.165) is 29.6 Å². The quantitative estimate of drug-likeness (QED) is 0.468. The molecule has 0 heteroatoms. The molecule has 1 unspecified atom stereocenters. The Balaban J connectivity index is 1.43. The van der Waals surface area contributed by atoms with Gasteiger partial charge in [0, 0.05) is 0 Å². The molecule has 0 bridgehead atoms. The van der Waals surface area contributed by atoms with Crippen molar-refractivity contribution in [3.8, 4) is 0 Å². The molecule has 0 aromatic heterocycles. The first-order valence-corrected chi connectivity index (χ1v) is 11.2. The van der Waals surface area contributed by atoms with Gasteiger partial charge in [0.2, 0.25) is 0 Å². The minimum atomic E-state index is 0.854. The van der Waals surface area contributed by atoms with E-state index in [2.05, 4.69) is 32.1 Å². The maximum absolute atomic E-state index is 2.63. The molecule has 2 fully saturated rings. The van der Waals surface area contributed by atoms with Crippen LogP contribution in [0.15, 0.2) is 23.8 Å². The minimum absolute atomic E-state index is 0.854. The van der Waals surface area contributed by atoms with Crippen LogP contribution in [0.25, 0.3) is 0 Å². The van der Waals surface area contributed by atoms with E-state index in [1.165, 1.54) is 83.5 Å². The number of rotatable bonds is 6. The van der Waals surface area contributed by atoms with Gasteiger partial charge in [0.05, 0.1) is 0 Å². The summed E-state index contributed by atoms with van der Waals surface area (Å²) in [5.41, 5.74) is 1.70. The Labute approximate surface area is 151 Å². The highest BCUT2D eigenvalue weighted by molar-refractivity contribution is 5.27. The first-order chi connectivity index (χ1) is 11.8. The van der Waals surface area contributed by atoms with Gasteiger partial charge in [0.25, 0.3) is 0 Å². The molecule has 0 aliphatic heterocycles. The van der Waals surface area contributed by atoms with E-state index in [9.17, 15) is 0 Å². The van der Waals surface area contributed by atoms with Crippen LogP contribution in [0, 0.1) is 29.6 Å². The molecule has 2 saturated carbocycles. The molecule has 3 aliphatic carbocycles. The summed E-state index contributed by atoms with van der Waals surface area (Å²) in [6.07, 6.45) is 26.7. The van der Waals surface area contributed by atoms with Crippen molar-refractivity contribution >= 4 is 0 Å². The summed E-state index contributed by atoms with van der Waals surface area (Å²) in [7, 11) is 0. The van der Waals surface area contributed by atoms with Gasteiger partial charge in [-0.2, -0.15) is 0 Å². The molecular weight excluding hydrogens is 288 g/mol. The summed E-state index contributed by atoms with van der Waals surface area (Å²) >= 11 is 0. The van der Waals surface area contributed by atoms with E-state index < -0.39 is 0 Å². The zero-order valence-electron chi connectivity index (χ0n) is 16.3. The van der Waals surface area contributed by atoms with Crippen LogP contribution in [0.4, 0.5) is 0 Å². The van der Waals surface area contributed by atoms with Crippen molar-refractivity contribution in [1.29, 1.82) is 0 Å². The van der Waals surface area contributed by atoms with Crippen LogP contribution in [0.5, 0.6) is 0 Å². The maximum Gasteiger partial charge on any atom is -0.0165 e. The molecule has 3 aliphatic rings. The summed E-state index contributed by atoms with van der Waals surface area (Å²) in [6, 6.07) is 0. The number of hydrogen-bond donors (Lipinski definition) is 0. The number of hydrogen-bond acceptors (Lipinski definition) is 0. The first kappa shape index (κ1) is 18.3. The Bertz CT molecular complexity index is 413. The van der Waals surface area contributed by atoms with E-state index >= 15 is 0 Å². The van der Waals surface area contributed by atoms with Crippen molar-refractivity contribution < 1.29 is 0 Å². The average Bonchev–Trinajstić information content (AvgIpc) is 2.64. The third kappa shape index (κ3) is 4.77. The summed E-state index contributed by atoms with van der Waals surface area (Å²) in [4.78, 5) is 0. The SMILES string of the molecule is CCCC1CCC(C2=CCC(C3CCC(CCC)CC3)C=C2)CC1. The molecule has 0 heterocycles. The lowest BCUT2D eigenvalue weighted by Crippen LogP contribution is -2.22. The monoisotopic (exact) mass is 328 g/mol. The molecule has 0 aromatic rings. The summed E-state index contributed by atoms with van der Waals surface area (Å²) in [6.45, 7) is 4.69. The molecule has 3 rings (SSSR count). The second-order valence-electron chi connectivity index (χ2n) is 9.04. The molecule has 0 amide bonds. The molecule has 0 saturated heterocycles. The fraction of sp³-hybridized carbons (Fsp3) is 0.833. The van der Waals surface area contributed by atoms with E-state index in [1.54, 1.807) is 5.57 Å². The van der Waals surface area contributed by atoms with Crippen LogP contribution in [0.3, 0.4) is 0 Å². The van der Waals surface area contributed by atoms with Gasteiger partial charge in [-0.25, -0.2) is 0 Å². The molecule has 0 nitrogen and oxygen atoms in total. The summed E-state index contributed by atoms with van der Waals surface area (Å²) in [5, 5.41) is 0. The summed E-state index contributed by atoms with van der Waals surface area (Å²) in [5.74, 6) is 4.80. The second kappa shape index (κ2) is 9.25. The highest BCUT2D eigenvalue weighted by Crippen LogP contribution is 2.41. The topological polar surface area (TPSA) is 0 Å². The van der Waals surface area contributed by atoms with E-state index in [0.29, 0.717) is 0 Å². The zero-order valence-corrected chi connectivity index (χ0v) is 16.3. The Kier molecular flexibility index (Phi) is 7.05. The third-order valence-corrected chi connectivity index (χ3v) is 7.37. The smallest absolute Gasteiger partial charge is 0.0165 e. The van der Waals surface area contributed by atoms with Crippen molar-refractivity contribution in [2.45, 2.75) is 97.3 Å². The van der Waals surface area contributed by atoms with Crippen molar-refractivity contribution in [3.63, 3.8) is 0 Å². The molecule has 24 heavy (non-hydrogen) atoms. The third-order valence-electron chi connectivity index (χ3n) is 7.37. The van der Waals surface area contributed by atoms with Crippen LogP contribution >= 0.6 is 0 Å². The fourth-order valence-corrected chi connectivity index (χ4v) is 5.81. The predicted molar refractivity (Wildman–Crippen MR) is 106 cm³/mol. The van der Waals surface area contributed by atoms with E-state index in [-0.39, 0.29) is 0 Å². The maximum atomic E-state index is 2.63. The highest BCUT2D eigenvalue weighted by Gasteiger charge is 2.28. The van der Waals surface area contributed by atoms with Crippen LogP contribution in [-0.2, 0) is 0 Å². The molecule has 136 valence electrons. The van der Waals surface area contributed by atoms with Gasteiger partial charge < -0.3 is 0 Å². The molecule has 0 aromatic carbocycles. The van der Waals surface area contributed by atoms with E-state index in [4.69, 9.17) is 0 Å². The second-order valence-corrected chi connectivity index (χ2v) is 9.04. The van der Waals surface area contributed by atoms with Gasteiger partial charge >= 0.3 is 0 Å². The van der Waals surface area contributed by atoms with Gasteiger partial charge in [0.1, 0.15) is 0 Å². The molecule has 0 N–H and O–H groups in total. The largest absolute Gasteiger partial charge is 0.0806 e. The Hall–Kier alpha value is -0.520. The van der Waals surface area contributed by atoms with Crippen LogP contribution in [-0.4, -0.2) is 0 Å². The Morgan fingerprint density at radius 3 is 1.88 bits per heavy atom. The van der Waals surface area contributed by atoms with Crippen molar-refractivity contribution in [1.82, 2.24) is 0 Å². The Morgan fingerprint density at radius 2 is 1.38 bits per heavy atom. The first-order valence-electron chi connectivity index (χ1n) is 11.2. The normalized spacial score (nSPS) is 37.2. The molecule has 0 radical (unpaired) electrons. The average molecular weight is 329 g/mol. The van der Waals surface area contributed by atoms with Crippen molar-refractivity contribution in [3.05, 3.63) is 23.8 Å². The Morgan fingerprint density at radius 1 is 0.792 bits per heavy atom. The standard InChI is InChI=1S/C24H40/c1-3-5-19-7-11-21(12-8-19)23-15-17-24(18-16-23)22-13-9-20(6-4-2)10-14-22/h15-17,19-22,24H,3-14,18H2,1-2H3. The van der Waals surface area contributed by atoms with Crippen molar-refractivity contribution in [2.75, 3.05) is 0 Å². The number of allylic oxidation sites excluding steroid dienone is 4. The fourth-order valence-electron chi connectivity index (χ4n) is 5.81. The molecule has 1 atom stereocenters. The highest BCUT2D eigenvalue weighted by atomic mass is 14.3. The summed E-state index contributed by atoms with van der Waals surface area (Å²) < 4.78 is 0.